The molecule has 4 aromatic rings. The van der Waals surface area contributed by atoms with Crippen molar-refractivity contribution in [1.29, 1.82) is 0 Å². The van der Waals surface area contributed by atoms with E-state index in [-0.39, 0.29) is 11.8 Å². The molecule has 2 amide bonds. The van der Waals surface area contributed by atoms with Gasteiger partial charge in [-0.15, -0.1) is 0 Å². The molecule has 6 atom stereocenters. The number of aliphatic hydroxyl groups excluding tert-OH is 2. The van der Waals surface area contributed by atoms with E-state index in [0.29, 0.717) is 23.9 Å². The second-order valence-corrected chi connectivity index (χ2v) is 15.5. The highest BCUT2D eigenvalue weighted by molar-refractivity contribution is 6.00. The fourth-order valence-corrected chi connectivity index (χ4v) is 9.15. The van der Waals surface area contributed by atoms with Crippen LogP contribution in [0.3, 0.4) is 0 Å². The summed E-state index contributed by atoms with van der Waals surface area (Å²) < 4.78 is 0. The lowest BCUT2D eigenvalue weighted by molar-refractivity contribution is -0.165. The number of aromatic nitrogens is 2. The second-order valence-electron chi connectivity index (χ2n) is 15.5. The number of nitrogens with zero attached hydrogens (tertiary/aromatic N) is 2. The number of carboxylic acids is 2. The van der Waals surface area contributed by atoms with Crippen LogP contribution in [0.2, 0.25) is 0 Å². The molecule has 8 N–H and O–H groups in total. The average Bonchev–Trinajstić information content (AvgIpc) is 4.07. The predicted molar refractivity (Wildman–Crippen MR) is 209 cm³/mol. The van der Waals surface area contributed by atoms with Gasteiger partial charge < -0.3 is 50.8 Å². The summed E-state index contributed by atoms with van der Waals surface area (Å²) in [6.07, 6.45) is 10.8. The third-order valence-electron chi connectivity index (χ3n) is 12.0. The van der Waals surface area contributed by atoms with Crippen LogP contribution >= 0.6 is 0 Å². The Balaban J connectivity index is 0.000000128. The molecule has 14 heteroatoms. The molecule has 2 unspecified atom stereocenters. The molecule has 2 aliphatic carbocycles. The maximum absolute atomic E-state index is 12.7. The second kappa shape index (κ2) is 15.7. The molecule has 0 bridgehead atoms. The van der Waals surface area contributed by atoms with E-state index in [1.807, 2.05) is 9.80 Å². The SMILES string of the molecule is O=C(O)C(O)C(O)C(=O)O.O=C([C@@H]1C=C2c3cccc4[nH]cc(c34)C[C@H]2NC1)N1CCCC1.O=C([C@@H]1C=C2c3cccc4[nH]cc(c34)C[C@H]2NC1)N1CCCC1. The molecule has 56 heavy (non-hydrogen) atoms. The number of rotatable bonds is 5. The highest BCUT2D eigenvalue weighted by atomic mass is 16.4. The van der Waals surface area contributed by atoms with Gasteiger partial charge in [0.25, 0.3) is 0 Å². The van der Waals surface area contributed by atoms with Crippen molar-refractivity contribution in [1.82, 2.24) is 30.4 Å². The number of aliphatic hydroxyl groups is 2. The number of aromatic amines is 2. The summed E-state index contributed by atoms with van der Waals surface area (Å²) in [5, 5.41) is 42.4. The number of hydrogen-bond acceptors (Lipinski definition) is 8. The van der Waals surface area contributed by atoms with Gasteiger partial charge in [0.2, 0.25) is 11.8 Å². The van der Waals surface area contributed by atoms with Gasteiger partial charge in [-0.25, -0.2) is 9.59 Å². The molecule has 6 heterocycles. The normalized spacial score (nSPS) is 24.4. The first-order valence-corrected chi connectivity index (χ1v) is 19.6. The summed E-state index contributed by atoms with van der Waals surface area (Å²) in [5.74, 6) is -2.98. The van der Waals surface area contributed by atoms with E-state index in [9.17, 15) is 19.2 Å². The molecule has 0 spiro atoms. The molecule has 10 rings (SSSR count). The fourth-order valence-electron chi connectivity index (χ4n) is 9.15. The molecule has 2 fully saturated rings. The minimum absolute atomic E-state index is 0.0184. The van der Waals surface area contributed by atoms with E-state index in [4.69, 9.17) is 20.4 Å². The first kappa shape index (κ1) is 37.6. The summed E-state index contributed by atoms with van der Waals surface area (Å²) >= 11 is 0. The Kier molecular flexibility index (Phi) is 10.5. The molecule has 4 aliphatic heterocycles. The van der Waals surface area contributed by atoms with Gasteiger partial charge in [0.05, 0.1) is 11.8 Å². The number of carbonyl (C=O) groups is 4. The summed E-state index contributed by atoms with van der Waals surface area (Å²) in [6.45, 7) is 5.25. The third kappa shape index (κ3) is 7.13. The van der Waals surface area contributed by atoms with Crippen LogP contribution < -0.4 is 10.6 Å². The molecule has 0 radical (unpaired) electrons. The van der Waals surface area contributed by atoms with Crippen molar-refractivity contribution in [2.45, 2.75) is 62.8 Å². The largest absolute Gasteiger partial charge is 0.479 e. The van der Waals surface area contributed by atoms with E-state index >= 15 is 0 Å². The van der Waals surface area contributed by atoms with Crippen LogP contribution in [0, 0.1) is 11.8 Å². The van der Waals surface area contributed by atoms with Crippen molar-refractivity contribution in [3.8, 4) is 0 Å². The lowest BCUT2D eigenvalue weighted by Crippen LogP contribution is -2.46. The number of nitrogens with one attached hydrogen (secondary N) is 4. The number of H-pyrrole nitrogens is 2. The number of fused-ring (bicyclic) bond motifs is 4. The van der Waals surface area contributed by atoms with Gasteiger partial charge in [0.15, 0.2) is 12.2 Å². The molecule has 6 aliphatic rings. The van der Waals surface area contributed by atoms with E-state index in [1.54, 1.807) is 0 Å². The number of hydrogen-bond donors (Lipinski definition) is 8. The lowest BCUT2D eigenvalue weighted by atomic mass is 9.80. The number of benzene rings is 2. The summed E-state index contributed by atoms with van der Waals surface area (Å²) in [4.78, 5) is 55.9. The topological polar surface area (TPSA) is 211 Å². The molecule has 2 saturated heterocycles. The number of amides is 2. The van der Waals surface area contributed by atoms with E-state index in [1.165, 1.54) is 55.2 Å². The van der Waals surface area contributed by atoms with Gasteiger partial charge in [-0.3, -0.25) is 9.59 Å². The van der Waals surface area contributed by atoms with Crippen LogP contribution in [0.4, 0.5) is 0 Å². The van der Waals surface area contributed by atoms with Crippen molar-refractivity contribution in [3.63, 3.8) is 0 Å². The molecule has 2 aromatic carbocycles. The van der Waals surface area contributed by atoms with Crippen LogP contribution in [0.15, 0.2) is 60.9 Å². The summed E-state index contributed by atoms with van der Waals surface area (Å²) in [6, 6.07) is 13.5. The Labute approximate surface area is 323 Å². The van der Waals surface area contributed by atoms with Crippen LogP contribution in [0.5, 0.6) is 0 Å². The predicted octanol–water partition coefficient (Wildman–Crippen LogP) is 2.51. The molecular formula is C42H48N6O8. The maximum atomic E-state index is 12.7. The number of carboxylic acid groups (broad SMARTS) is 2. The van der Waals surface area contributed by atoms with Gasteiger partial charge >= 0.3 is 11.9 Å². The Morgan fingerprint density at radius 1 is 0.607 bits per heavy atom. The van der Waals surface area contributed by atoms with Gasteiger partial charge in [0.1, 0.15) is 0 Å². The Morgan fingerprint density at radius 3 is 1.38 bits per heavy atom. The van der Waals surface area contributed by atoms with E-state index in [2.05, 4.69) is 81.5 Å². The summed E-state index contributed by atoms with van der Waals surface area (Å²) in [5.41, 5.74) is 10.4. The standard InChI is InChI=1S/2C19H21N3O.C4H6O6/c2*23-19(22-6-1-2-7-22)13-8-15-14-4-3-5-16-18(14)12(10-20-16)9-17(15)21-11-13;5-1(3(7)8)2(6)4(9)10/h2*3-5,8,10,13,17,20-21H,1-2,6-7,9,11H2;1-2,5-6H,(H,7,8)(H,9,10)/t2*13-,17-;/m11./s1. The minimum atomic E-state index is -2.27. The van der Waals surface area contributed by atoms with Crippen molar-refractivity contribution < 1.29 is 39.6 Å². The average molecular weight is 765 g/mol. The maximum Gasteiger partial charge on any atom is 0.335 e. The lowest BCUT2D eigenvalue weighted by Gasteiger charge is -2.34. The van der Waals surface area contributed by atoms with Crippen molar-refractivity contribution >= 4 is 56.7 Å². The zero-order chi connectivity index (χ0) is 39.1. The van der Waals surface area contributed by atoms with Gasteiger partial charge in [-0.05, 0) is 84.1 Å². The molecular weight excluding hydrogens is 716 g/mol. The Bertz CT molecular complexity index is 2070. The molecule has 14 nitrogen and oxygen atoms in total. The molecule has 2 aromatic heterocycles. The first-order chi connectivity index (χ1) is 27.1. The van der Waals surface area contributed by atoms with Crippen LogP contribution in [0.25, 0.3) is 33.0 Å². The van der Waals surface area contributed by atoms with E-state index < -0.39 is 24.1 Å². The number of likely N-dealkylation sites (tertiary alicyclic amines) is 2. The zero-order valence-corrected chi connectivity index (χ0v) is 31.0. The highest BCUT2D eigenvalue weighted by Crippen LogP contribution is 2.40. The quantitative estimate of drug-likeness (QED) is 0.149. The highest BCUT2D eigenvalue weighted by Gasteiger charge is 2.36. The van der Waals surface area contributed by atoms with Gasteiger partial charge in [-0.2, -0.15) is 0 Å². The van der Waals surface area contributed by atoms with Gasteiger partial charge in [-0.1, -0.05) is 36.4 Å². The molecule has 0 saturated carbocycles. The smallest absolute Gasteiger partial charge is 0.335 e. The third-order valence-corrected chi connectivity index (χ3v) is 12.0. The van der Waals surface area contributed by atoms with Crippen molar-refractivity contribution in [3.05, 3.63) is 83.2 Å². The molecule has 294 valence electrons. The number of carbonyl (C=O) groups excluding carboxylic acids is 2. The monoisotopic (exact) mass is 764 g/mol. The van der Waals surface area contributed by atoms with Gasteiger partial charge in [0, 0.05) is 85.6 Å². The Morgan fingerprint density at radius 2 is 1.00 bits per heavy atom. The zero-order valence-electron chi connectivity index (χ0n) is 31.0. The number of aliphatic carboxylic acids is 2. The fraction of sp³-hybridized carbons (Fsp3) is 0.429. The van der Waals surface area contributed by atoms with Crippen LogP contribution in [-0.2, 0) is 32.0 Å². The van der Waals surface area contributed by atoms with E-state index in [0.717, 1.165) is 77.8 Å². The van der Waals surface area contributed by atoms with Crippen molar-refractivity contribution in [2.24, 2.45) is 11.8 Å². The van der Waals surface area contributed by atoms with Crippen molar-refractivity contribution in [2.75, 3.05) is 39.3 Å². The van der Waals surface area contributed by atoms with Crippen LogP contribution in [-0.4, -0.2) is 128 Å². The van der Waals surface area contributed by atoms with Crippen LogP contribution in [0.1, 0.15) is 47.9 Å². The Hall–Kier alpha value is -5.28. The minimum Gasteiger partial charge on any atom is -0.479 e. The summed E-state index contributed by atoms with van der Waals surface area (Å²) in [7, 11) is 0. The first-order valence-electron chi connectivity index (χ1n) is 19.6.